The molecule has 1 aromatic carbocycles. The average molecular weight is 257 g/mol. The fourth-order valence-electron chi connectivity index (χ4n) is 2.01. The van der Waals surface area contributed by atoms with Crippen LogP contribution in [0.5, 0.6) is 0 Å². The Morgan fingerprint density at radius 1 is 1.42 bits per heavy atom. The number of amides is 2. The van der Waals surface area contributed by atoms with E-state index >= 15 is 0 Å². The minimum absolute atomic E-state index is 0.0475. The van der Waals surface area contributed by atoms with Gasteiger partial charge in [-0.05, 0) is 24.1 Å². The zero-order valence-corrected chi connectivity index (χ0v) is 10.5. The highest BCUT2D eigenvalue weighted by molar-refractivity contribution is 5.80. The van der Waals surface area contributed by atoms with Gasteiger partial charge in [-0.25, -0.2) is 0 Å². The number of nitriles is 1. The van der Waals surface area contributed by atoms with Crippen LogP contribution in [0.2, 0.25) is 0 Å². The van der Waals surface area contributed by atoms with Gasteiger partial charge in [-0.3, -0.25) is 9.59 Å². The molecule has 1 heterocycles. The minimum Gasteiger partial charge on any atom is -0.354 e. The van der Waals surface area contributed by atoms with E-state index in [1.807, 2.05) is 6.07 Å². The Hall–Kier alpha value is -2.35. The summed E-state index contributed by atoms with van der Waals surface area (Å²) in [6, 6.07) is 9.02. The highest BCUT2D eigenvalue weighted by atomic mass is 16.2. The lowest BCUT2D eigenvalue weighted by Crippen LogP contribution is -2.38. The number of nitrogens with zero attached hydrogens (tertiary/aromatic N) is 1. The molecule has 0 aromatic heterocycles. The summed E-state index contributed by atoms with van der Waals surface area (Å²) in [6.45, 7) is 0.473. The van der Waals surface area contributed by atoms with Gasteiger partial charge < -0.3 is 10.6 Å². The first-order valence-electron chi connectivity index (χ1n) is 6.22. The Labute approximate surface area is 111 Å². The molecular weight excluding hydrogens is 242 g/mol. The van der Waals surface area contributed by atoms with Crippen LogP contribution in [-0.2, 0) is 16.0 Å². The van der Waals surface area contributed by atoms with Crippen LogP contribution in [0.4, 0.5) is 0 Å². The second kappa shape index (κ2) is 6.01. The van der Waals surface area contributed by atoms with E-state index in [0.717, 1.165) is 12.0 Å². The maximum Gasteiger partial charge on any atom is 0.224 e. The summed E-state index contributed by atoms with van der Waals surface area (Å²) >= 11 is 0. The molecule has 1 aromatic rings. The Morgan fingerprint density at radius 3 is 2.74 bits per heavy atom. The Bertz CT molecular complexity index is 516. The molecule has 2 N–H and O–H groups in total. The van der Waals surface area contributed by atoms with Gasteiger partial charge in [0.05, 0.1) is 18.1 Å². The molecule has 0 aliphatic carbocycles. The van der Waals surface area contributed by atoms with E-state index in [-0.39, 0.29) is 24.3 Å². The van der Waals surface area contributed by atoms with Gasteiger partial charge in [0.15, 0.2) is 0 Å². The molecular formula is C14H15N3O2. The number of carbonyl (C=O) groups excluding carboxylic acids is 2. The Morgan fingerprint density at radius 2 is 2.16 bits per heavy atom. The molecule has 19 heavy (non-hydrogen) atoms. The molecule has 1 saturated heterocycles. The summed E-state index contributed by atoms with van der Waals surface area (Å²) in [4.78, 5) is 22.7. The largest absolute Gasteiger partial charge is 0.354 e. The van der Waals surface area contributed by atoms with Crippen LogP contribution in [0.3, 0.4) is 0 Å². The maximum absolute atomic E-state index is 11.7. The summed E-state index contributed by atoms with van der Waals surface area (Å²) in [6.07, 6.45) is 1.60. The first-order valence-corrected chi connectivity index (χ1v) is 6.22. The van der Waals surface area contributed by atoms with E-state index in [9.17, 15) is 9.59 Å². The van der Waals surface area contributed by atoms with Crippen LogP contribution in [-0.4, -0.2) is 24.4 Å². The molecule has 1 aliphatic heterocycles. The third kappa shape index (κ3) is 3.81. The van der Waals surface area contributed by atoms with Crippen LogP contribution < -0.4 is 10.6 Å². The smallest absolute Gasteiger partial charge is 0.224 e. The normalized spacial score (nSPS) is 17.6. The highest BCUT2D eigenvalue weighted by Gasteiger charge is 2.20. The molecule has 0 spiro atoms. The first-order chi connectivity index (χ1) is 9.17. The fourth-order valence-corrected chi connectivity index (χ4v) is 2.01. The predicted molar refractivity (Wildman–Crippen MR) is 69.0 cm³/mol. The molecule has 0 bridgehead atoms. The first kappa shape index (κ1) is 13.1. The summed E-state index contributed by atoms with van der Waals surface area (Å²) in [5.41, 5.74) is 1.45. The monoisotopic (exact) mass is 257 g/mol. The average Bonchev–Trinajstić information content (AvgIpc) is 2.83. The van der Waals surface area contributed by atoms with Gasteiger partial charge in [0.25, 0.3) is 0 Å². The third-order valence-electron chi connectivity index (χ3n) is 3.08. The molecule has 1 aliphatic rings. The quantitative estimate of drug-likeness (QED) is 0.823. The van der Waals surface area contributed by atoms with Crippen molar-refractivity contribution in [1.82, 2.24) is 10.6 Å². The molecule has 5 heteroatoms. The van der Waals surface area contributed by atoms with Gasteiger partial charge in [-0.1, -0.05) is 12.1 Å². The van der Waals surface area contributed by atoms with Gasteiger partial charge in [0.1, 0.15) is 0 Å². The lowest BCUT2D eigenvalue weighted by molar-refractivity contribution is -0.121. The summed E-state index contributed by atoms with van der Waals surface area (Å²) in [5.74, 6) is -0.0304. The van der Waals surface area contributed by atoms with Crippen molar-refractivity contribution < 1.29 is 9.59 Å². The summed E-state index contributed by atoms with van der Waals surface area (Å²) < 4.78 is 0. The van der Waals surface area contributed by atoms with E-state index < -0.39 is 0 Å². The second-order valence-corrected chi connectivity index (χ2v) is 4.59. The number of rotatable bonds is 4. The Kier molecular flexibility index (Phi) is 4.14. The maximum atomic E-state index is 11.7. The van der Waals surface area contributed by atoms with Crippen molar-refractivity contribution in [3.05, 3.63) is 35.4 Å². The zero-order valence-electron chi connectivity index (χ0n) is 10.5. The van der Waals surface area contributed by atoms with Gasteiger partial charge in [0, 0.05) is 19.0 Å². The van der Waals surface area contributed by atoms with E-state index in [4.69, 9.17) is 5.26 Å². The van der Waals surface area contributed by atoms with Gasteiger partial charge in [-0.2, -0.15) is 5.26 Å². The lowest BCUT2D eigenvalue weighted by Gasteiger charge is -2.11. The molecule has 98 valence electrons. The van der Waals surface area contributed by atoms with Crippen molar-refractivity contribution in [3.63, 3.8) is 0 Å². The lowest BCUT2D eigenvalue weighted by atomic mass is 10.1. The number of hydrogen-bond acceptors (Lipinski definition) is 3. The molecule has 1 unspecified atom stereocenters. The number of carbonyl (C=O) groups is 2. The minimum atomic E-state index is -0.0779. The van der Waals surface area contributed by atoms with Gasteiger partial charge in [-0.15, -0.1) is 0 Å². The van der Waals surface area contributed by atoms with Crippen molar-refractivity contribution in [2.45, 2.75) is 25.3 Å². The molecule has 2 rings (SSSR count). The van der Waals surface area contributed by atoms with Gasteiger partial charge >= 0.3 is 0 Å². The molecule has 2 amide bonds. The van der Waals surface area contributed by atoms with Crippen LogP contribution in [0.25, 0.3) is 0 Å². The summed E-state index contributed by atoms with van der Waals surface area (Å²) in [5, 5.41) is 14.3. The highest BCUT2D eigenvalue weighted by Crippen LogP contribution is 2.06. The Balaban J connectivity index is 1.77. The van der Waals surface area contributed by atoms with Crippen LogP contribution in [0.1, 0.15) is 24.0 Å². The van der Waals surface area contributed by atoms with E-state index in [2.05, 4.69) is 10.6 Å². The van der Waals surface area contributed by atoms with Crippen molar-refractivity contribution in [2.75, 3.05) is 6.54 Å². The molecule has 0 saturated carbocycles. The second-order valence-electron chi connectivity index (χ2n) is 4.59. The van der Waals surface area contributed by atoms with Crippen molar-refractivity contribution in [2.24, 2.45) is 0 Å². The topological polar surface area (TPSA) is 82.0 Å². The standard InChI is InChI=1S/C14H15N3O2/c15-8-11-3-1-10(2-4-11)7-14(19)16-9-12-5-6-13(18)17-12/h1-4,12H,5-7,9H2,(H,16,19)(H,17,18). The zero-order chi connectivity index (χ0) is 13.7. The van der Waals surface area contributed by atoms with Crippen LogP contribution in [0.15, 0.2) is 24.3 Å². The third-order valence-corrected chi connectivity index (χ3v) is 3.08. The summed E-state index contributed by atoms with van der Waals surface area (Å²) in [7, 11) is 0. The number of hydrogen-bond donors (Lipinski definition) is 2. The van der Waals surface area contributed by atoms with Crippen molar-refractivity contribution >= 4 is 11.8 Å². The van der Waals surface area contributed by atoms with Crippen molar-refractivity contribution in [1.29, 1.82) is 5.26 Å². The van der Waals surface area contributed by atoms with Crippen LogP contribution in [0, 0.1) is 11.3 Å². The van der Waals surface area contributed by atoms with Gasteiger partial charge in [0.2, 0.25) is 11.8 Å². The SMILES string of the molecule is N#Cc1ccc(CC(=O)NCC2CCC(=O)N2)cc1. The fraction of sp³-hybridized carbons (Fsp3) is 0.357. The van der Waals surface area contributed by atoms with E-state index in [0.29, 0.717) is 18.5 Å². The predicted octanol–water partition coefficient (Wildman–Crippen LogP) is 0.496. The number of benzene rings is 1. The van der Waals surface area contributed by atoms with E-state index in [1.165, 1.54) is 0 Å². The molecule has 1 fully saturated rings. The molecule has 5 nitrogen and oxygen atoms in total. The number of nitrogens with one attached hydrogen (secondary N) is 2. The van der Waals surface area contributed by atoms with Crippen molar-refractivity contribution in [3.8, 4) is 6.07 Å². The van der Waals surface area contributed by atoms with E-state index in [1.54, 1.807) is 24.3 Å². The molecule has 0 radical (unpaired) electrons. The van der Waals surface area contributed by atoms with Crippen LogP contribution >= 0.6 is 0 Å². The molecule has 1 atom stereocenters.